The Labute approximate surface area is 140 Å². The van der Waals surface area contributed by atoms with Crippen LogP contribution in [-0.4, -0.2) is 16.0 Å². The number of carbonyl (C=O) groups is 1. The van der Waals surface area contributed by atoms with Crippen molar-refractivity contribution in [1.29, 1.82) is 0 Å². The molecule has 2 aromatic rings. The van der Waals surface area contributed by atoms with E-state index >= 15 is 0 Å². The topological polar surface area (TPSA) is 30.0 Å². The van der Waals surface area contributed by atoms with E-state index in [9.17, 15) is 4.79 Å². The van der Waals surface area contributed by atoms with Crippen LogP contribution in [0.15, 0.2) is 46.0 Å². The second-order valence-corrected chi connectivity index (χ2v) is 7.18. The van der Waals surface area contributed by atoms with E-state index in [4.69, 9.17) is 23.2 Å². The van der Waals surface area contributed by atoms with E-state index < -0.39 is 0 Å². The lowest BCUT2D eigenvalue weighted by Crippen LogP contribution is -2.14. The van der Waals surface area contributed by atoms with Crippen LogP contribution >= 0.6 is 50.9 Å². The molecule has 0 N–H and O–H groups in total. The zero-order valence-corrected chi connectivity index (χ0v) is 14.4. The summed E-state index contributed by atoms with van der Waals surface area (Å²) in [4.78, 5) is 16.6. The fourth-order valence-corrected chi connectivity index (χ4v) is 3.17. The van der Waals surface area contributed by atoms with Crippen LogP contribution in [0.25, 0.3) is 0 Å². The number of carbonyl (C=O) groups excluding carboxylic acids is 1. The molecule has 1 aromatic heterocycles. The van der Waals surface area contributed by atoms with Gasteiger partial charge in [-0.1, -0.05) is 35.0 Å². The lowest BCUT2D eigenvalue weighted by molar-refractivity contribution is 0.0994. The molecule has 0 saturated carbocycles. The highest BCUT2D eigenvalue weighted by molar-refractivity contribution is 9.10. The summed E-state index contributed by atoms with van der Waals surface area (Å²) in [6.07, 6.45) is 1.70. The zero-order valence-electron chi connectivity index (χ0n) is 10.4. The van der Waals surface area contributed by atoms with Gasteiger partial charge in [0.1, 0.15) is 0 Å². The molecule has 1 aromatic carbocycles. The predicted octanol–water partition coefficient (Wildman–Crippen LogP) is 5.51. The average molecular weight is 391 g/mol. The minimum Gasteiger partial charge on any atom is -0.293 e. The summed E-state index contributed by atoms with van der Waals surface area (Å²) in [5.74, 6) is -0.0404. The summed E-state index contributed by atoms with van der Waals surface area (Å²) in [6.45, 7) is 1.83. The molecule has 1 atom stereocenters. The van der Waals surface area contributed by atoms with Crippen LogP contribution in [0.3, 0.4) is 0 Å². The van der Waals surface area contributed by atoms with Crippen LogP contribution < -0.4 is 0 Å². The largest absolute Gasteiger partial charge is 0.293 e. The molecular weight excluding hydrogens is 381 g/mol. The van der Waals surface area contributed by atoms with E-state index in [0.29, 0.717) is 15.6 Å². The van der Waals surface area contributed by atoms with E-state index in [1.54, 1.807) is 24.4 Å². The molecule has 6 heteroatoms. The second-order valence-electron chi connectivity index (χ2n) is 4.06. The van der Waals surface area contributed by atoms with Gasteiger partial charge >= 0.3 is 0 Å². The number of pyridine rings is 1. The molecule has 0 spiro atoms. The molecule has 20 heavy (non-hydrogen) atoms. The SMILES string of the molecule is CC(Sc1ccc(Br)cn1)C(=O)c1ccc(Cl)cc1Cl. The number of ketones is 1. The summed E-state index contributed by atoms with van der Waals surface area (Å²) in [5.41, 5.74) is 0.480. The average Bonchev–Trinajstić information content (AvgIpc) is 2.40. The molecule has 2 rings (SSSR count). The number of Topliss-reactive ketones (excluding diaryl/α,β-unsaturated/α-hetero) is 1. The van der Waals surface area contributed by atoms with Crippen molar-refractivity contribution in [1.82, 2.24) is 4.98 Å². The van der Waals surface area contributed by atoms with E-state index in [0.717, 1.165) is 9.50 Å². The minimum absolute atomic E-state index is 0.0404. The van der Waals surface area contributed by atoms with Crippen molar-refractivity contribution >= 4 is 56.7 Å². The maximum Gasteiger partial charge on any atom is 0.177 e. The van der Waals surface area contributed by atoms with Crippen LogP contribution in [0.1, 0.15) is 17.3 Å². The van der Waals surface area contributed by atoms with Gasteiger partial charge in [-0.3, -0.25) is 4.79 Å². The number of benzene rings is 1. The summed E-state index contributed by atoms with van der Waals surface area (Å²) in [7, 11) is 0. The Hall–Kier alpha value is -0.550. The monoisotopic (exact) mass is 389 g/mol. The van der Waals surface area contributed by atoms with Crippen LogP contribution in [0.5, 0.6) is 0 Å². The normalized spacial score (nSPS) is 12.2. The highest BCUT2D eigenvalue weighted by Crippen LogP contribution is 2.28. The molecule has 1 unspecified atom stereocenters. The molecule has 0 aliphatic rings. The fraction of sp³-hybridized carbons (Fsp3) is 0.143. The van der Waals surface area contributed by atoms with Crippen LogP contribution in [-0.2, 0) is 0 Å². The van der Waals surface area contributed by atoms with Crippen LogP contribution in [0, 0.1) is 0 Å². The standard InChI is InChI=1S/C14H10BrCl2NOS/c1-8(20-13-5-2-9(15)7-18-13)14(19)11-4-3-10(16)6-12(11)17/h2-8H,1H3. The Balaban J connectivity index is 2.14. The molecular formula is C14H10BrCl2NOS. The molecule has 0 bridgehead atoms. The number of nitrogens with zero attached hydrogens (tertiary/aromatic N) is 1. The Bertz CT molecular complexity index is 634. The molecule has 0 amide bonds. The first-order chi connectivity index (χ1) is 9.47. The van der Waals surface area contributed by atoms with E-state index in [1.807, 2.05) is 19.1 Å². The van der Waals surface area contributed by atoms with Gasteiger partial charge < -0.3 is 0 Å². The van der Waals surface area contributed by atoms with Crippen molar-refractivity contribution in [3.63, 3.8) is 0 Å². The molecule has 0 fully saturated rings. The van der Waals surface area contributed by atoms with Gasteiger partial charge in [-0.05, 0) is 53.2 Å². The molecule has 0 saturated heterocycles. The van der Waals surface area contributed by atoms with Crippen molar-refractivity contribution < 1.29 is 4.79 Å². The van der Waals surface area contributed by atoms with Gasteiger partial charge in [0.2, 0.25) is 0 Å². The molecule has 0 aliphatic heterocycles. The molecule has 104 valence electrons. The van der Waals surface area contributed by atoms with Gasteiger partial charge in [0, 0.05) is 21.3 Å². The number of halogens is 3. The number of hydrogen-bond acceptors (Lipinski definition) is 3. The molecule has 1 heterocycles. The van der Waals surface area contributed by atoms with E-state index in [-0.39, 0.29) is 11.0 Å². The third-order valence-electron chi connectivity index (χ3n) is 2.56. The molecule has 2 nitrogen and oxygen atoms in total. The van der Waals surface area contributed by atoms with Gasteiger partial charge in [-0.15, -0.1) is 0 Å². The van der Waals surface area contributed by atoms with Gasteiger partial charge in [-0.25, -0.2) is 4.98 Å². The minimum atomic E-state index is -0.276. The zero-order chi connectivity index (χ0) is 14.7. The molecule has 0 aliphatic carbocycles. The highest BCUT2D eigenvalue weighted by atomic mass is 79.9. The van der Waals surface area contributed by atoms with Crippen LogP contribution in [0.4, 0.5) is 0 Å². The smallest absolute Gasteiger partial charge is 0.177 e. The number of hydrogen-bond donors (Lipinski definition) is 0. The van der Waals surface area contributed by atoms with Gasteiger partial charge in [-0.2, -0.15) is 0 Å². The first-order valence-electron chi connectivity index (χ1n) is 5.75. The first-order valence-corrected chi connectivity index (χ1v) is 8.17. The van der Waals surface area contributed by atoms with Crippen molar-refractivity contribution in [2.75, 3.05) is 0 Å². The van der Waals surface area contributed by atoms with E-state index in [1.165, 1.54) is 11.8 Å². The lowest BCUT2D eigenvalue weighted by Gasteiger charge is -2.11. The summed E-state index contributed by atoms with van der Waals surface area (Å²) < 4.78 is 0.904. The molecule has 0 radical (unpaired) electrons. The third-order valence-corrected chi connectivity index (χ3v) is 4.63. The Morgan fingerprint density at radius 2 is 2.05 bits per heavy atom. The highest BCUT2D eigenvalue weighted by Gasteiger charge is 2.19. The number of thioether (sulfide) groups is 1. The summed E-state index contributed by atoms with van der Waals surface area (Å²) in [5, 5.41) is 1.40. The first kappa shape index (κ1) is 15.8. The Morgan fingerprint density at radius 1 is 1.30 bits per heavy atom. The maximum atomic E-state index is 12.4. The van der Waals surface area contributed by atoms with Crippen molar-refractivity contribution in [2.45, 2.75) is 17.2 Å². The summed E-state index contributed by atoms with van der Waals surface area (Å²) >= 11 is 16.6. The van der Waals surface area contributed by atoms with Gasteiger partial charge in [0.25, 0.3) is 0 Å². The Morgan fingerprint density at radius 3 is 2.65 bits per heavy atom. The van der Waals surface area contributed by atoms with Gasteiger partial charge in [0.15, 0.2) is 5.78 Å². The number of rotatable bonds is 4. The van der Waals surface area contributed by atoms with Gasteiger partial charge in [0.05, 0.1) is 15.3 Å². The Kier molecular flexibility index (Phi) is 5.49. The van der Waals surface area contributed by atoms with E-state index in [2.05, 4.69) is 20.9 Å². The quantitative estimate of drug-likeness (QED) is 0.508. The summed E-state index contributed by atoms with van der Waals surface area (Å²) in [6, 6.07) is 8.64. The van der Waals surface area contributed by atoms with Crippen molar-refractivity contribution in [2.24, 2.45) is 0 Å². The third kappa shape index (κ3) is 3.98. The maximum absolute atomic E-state index is 12.4. The fourth-order valence-electron chi connectivity index (χ4n) is 1.57. The number of aromatic nitrogens is 1. The van der Waals surface area contributed by atoms with Crippen molar-refractivity contribution in [3.05, 3.63) is 56.6 Å². The second kappa shape index (κ2) is 6.94. The lowest BCUT2D eigenvalue weighted by atomic mass is 10.1. The van der Waals surface area contributed by atoms with Crippen LogP contribution in [0.2, 0.25) is 10.0 Å². The van der Waals surface area contributed by atoms with Crippen molar-refractivity contribution in [3.8, 4) is 0 Å². The predicted molar refractivity (Wildman–Crippen MR) is 88.0 cm³/mol.